The van der Waals surface area contributed by atoms with E-state index in [0.29, 0.717) is 18.3 Å². The molecule has 1 heterocycles. The summed E-state index contributed by atoms with van der Waals surface area (Å²) in [7, 11) is 1.65. The van der Waals surface area contributed by atoms with Crippen LogP contribution in [0.5, 0.6) is 5.75 Å². The number of esters is 1. The molecule has 0 aliphatic carbocycles. The molecule has 132 valence electrons. The molecule has 0 bridgehead atoms. The van der Waals surface area contributed by atoms with Crippen LogP contribution >= 0.6 is 12.2 Å². The molecule has 2 rings (SSSR count). The number of thiocarbonyl (C=S) groups is 1. The molecule has 7 heteroatoms. The van der Waals surface area contributed by atoms with Crippen molar-refractivity contribution in [3.8, 4) is 5.75 Å². The highest BCUT2D eigenvalue weighted by Gasteiger charge is 2.21. The predicted molar refractivity (Wildman–Crippen MR) is 98.6 cm³/mol. The fraction of sp³-hybridized carbons (Fsp3) is 0.529. The summed E-state index contributed by atoms with van der Waals surface area (Å²) in [5.41, 5.74) is 2.01. The maximum Gasteiger partial charge on any atom is 0.320 e. The van der Waals surface area contributed by atoms with Crippen LogP contribution in [0, 0.1) is 6.92 Å². The van der Waals surface area contributed by atoms with Gasteiger partial charge in [-0.1, -0.05) is 6.07 Å². The molecule has 0 atom stereocenters. The van der Waals surface area contributed by atoms with Crippen molar-refractivity contribution in [2.75, 3.05) is 51.8 Å². The van der Waals surface area contributed by atoms with Gasteiger partial charge in [0.15, 0.2) is 5.11 Å². The first-order valence-corrected chi connectivity index (χ1v) is 8.53. The number of piperazine rings is 1. The molecule has 1 saturated heterocycles. The first kappa shape index (κ1) is 18.5. The maximum atomic E-state index is 11.5. The Bertz CT molecular complexity index is 586. The molecule has 0 unspecified atom stereocenters. The van der Waals surface area contributed by atoms with E-state index in [4.69, 9.17) is 21.7 Å². The number of nitrogens with one attached hydrogen (secondary N) is 1. The summed E-state index contributed by atoms with van der Waals surface area (Å²) >= 11 is 5.52. The lowest BCUT2D eigenvalue weighted by atomic mass is 10.2. The standard InChI is InChI=1S/C17H25N3O3S/c1-4-23-16(21)12-19-7-9-20(10-8-19)17(24)18-14-11-13(2)5-6-15(14)22-3/h5-6,11H,4,7-10,12H2,1-3H3,(H,18,24). The topological polar surface area (TPSA) is 54.0 Å². The Morgan fingerprint density at radius 2 is 2.00 bits per heavy atom. The van der Waals surface area contributed by atoms with E-state index in [1.807, 2.05) is 32.0 Å². The highest BCUT2D eigenvalue weighted by atomic mass is 32.1. The Kier molecular flexibility index (Phi) is 6.81. The minimum atomic E-state index is -0.170. The molecule has 0 radical (unpaired) electrons. The van der Waals surface area contributed by atoms with Gasteiger partial charge in [-0.05, 0) is 43.8 Å². The fourth-order valence-electron chi connectivity index (χ4n) is 2.61. The maximum absolute atomic E-state index is 11.5. The van der Waals surface area contributed by atoms with Crippen LogP contribution in [0.4, 0.5) is 5.69 Å². The third-order valence-corrected chi connectivity index (χ3v) is 4.27. The van der Waals surface area contributed by atoms with Gasteiger partial charge in [0.1, 0.15) is 5.75 Å². The lowest BCUT2D eigenvalue weighted by Crippen LogP contribution is -2.51. The van der Waals surface area contributed by atoms with Crippen molar-refractivity contribution in [3.63, 3.8) is 0 Å². The zero-order valence-corrected chi connectivity index (χ0v) is 15.3. The lowest BCUT2D eigenvalue weighted by Gasteiger charge is -2.35. The van der Waals surface area contributed by atoms with Gasteiger partial charge in [-0.25, -0.2) is 0 Å². The molecule has 1 aromatic carbocycles. The van der Waals surface area contributed by atoms with Crippen LogP contribution in [0.2, 0.25) is 0 Å². The summed E-state index contributed by atoms with van der Waals surface area (Å²) in [6.45, 7) is 7.73. The number of benzene rings is 1. The number of rotatable bonds is 5. The fourth-order valence-corrected chi connectivity index (χ4v) is 2.90. The lowest BCUT2D eigenvalue weighted by molar-refractivity contribution is -0.144. The second-order valence-electron chi connectivity index (χ2n) is 5.70. The number of nitrogens with zero attached hydrogens (tertiary/aromatic N) is 2. The molecule has 24 heavy (non-hydrogen) atoms. The monoisotopic (exact) mass is 351 g/mol. The molecular weight excluding hydrogens is 326 g/mol. The van der Waals surface area contributed by atoms with E-state index in [2.05, 4.69) is 15.1 Å². The molecule has 1 aliphatic rings. The Hall–Kier alpha value is -1.86. The number of hydrogen-bond acceptors (Lipinski definition) is 5. The van der Waals surface area contributed by atoms with Crippen LogP contribution in [0.1, 0.15) is 12.5 Å². The van der Waals surface area contributed by atoms with E-state index in [0.717, 1.165) is 43.2 Å². The van der Waals surface area contributed by atoms with Crippen molar-refractivity contribution < 1.29 is 14.3 Å². The number of aryl methyl sites for hydroxylation is 1. The SMILES string of the molecule is CCOC(=O)CN1CCN(C(=S)Nc2cc(C)ccc2OC)CC1. The van der Waals surface area contributed by atoms with E-state index in [1.165, 1.54) is 0 Å². The third kappa shape index (κ3) is 5.07. The highest BCUT2D eigenvalue weighted by Crippen LogP contribution is 2.25. The highest BCUT2D eigenvalue weighted by molar-refractivity contribution is 7.80. The van der Waals surface area contributed by atoms with E-state index in [9.17, 15) is 4.79 Å². The Balaban J connectivity index is 1.87. The summed E-state index contributed by atoms with van der Waals surface area (Å²) in [6, 6.07) is 5.95. The molecule has 0 amide bonds. The van der Waals surface area contributed by atoms with Crippen LogP contribution < -0.4 is 10.1 Å². The molecule has 1 aromatic rings. The van der Waals surface area contributed by atoms with E-state index in [-0.39, 0.29) is 5.97 Å². The van der Waals surface area contributed by atoms with Crippen molar-refractivity contribution in [1.82, 2.24) is 9.80 Å². The number of ether oxygens (including phenoxy) is 2. The van der Waals surface area contributed by atoms with Crippen LogP contribution in [0.25, 0.3) is 0 Å². The zero-order chi connectivity index (χ0) is 17.5. The molecule has 6 nitrogen and oxygen atoms in total. The zero-order valence-electron chi connectivity index (χ0n) is 14.5. The average Bonchev–Trinajstić information content (AvgIpc) is 2.56. The quantitative estimate of drug-likeness (QED) is 0.642. The van der Waals surface area contributed by atoms with E-state index < -0.39 is 0 Å². The largest absolute Gasteiger partial charge is 0.495 e. The number of hydrogen-bond donors (Lipinski definition) is 1. The summed E-state index contributed by atoms with van der Waals surface area (Å²) in [5.74, 6) is 0.597. The third-order valence-electron chi connectivity index (χ3n) is 3.91. The van der Waals surface area contributed by atoms with Gasteiger partial charge in [-0.15, -0.1) is 0 Å². The molecule has 1 aliphatic heterocycles. The van der Waals surface area contributed by atoms with Crippen molar-refractivity contribution in [1.29, 1.82) is 0 Å². The van der Waals surface area contributed by atoms with Gasteiger partial charge in [0, 0.05) is 26.2 Å². The van der Waals surface area contributed by atoms with Crippen LogP contribution in [-0.4, -0.2) is 67.3 Å². The van der Waals surface area contributed by atoms with Gasteiger partial charge in [-0.2, -0.15) is 0 Å². The summed E-state index contributed by atoms with van der Waals surface area (Å²) in [4.78, 5) is 15.7. The van der Waals surface area contributed by atoms with Crippen LogP contribution in [-0.2, 0) is 9.53 Å². The number of carbonyl (C=O) groups excluding carboxylic acids is 1. The summed E-state index contributed by atoms with van der Waals surface area (Å²) in [6.07, 6.45) is 0. The number of methoxy groups -OCH3 is 1. The molecular formula is C17H25N3O3S. The van der Waals surface area contributed by atoms with Gasteiger partial charge < -0.3 is 19.7 Å². The summed E-state index contributed by atoms with van der Waals surface area (Å²) < 4.78 is 10.4. The van der Waals surface area contributed by atoms with Crippen molar-refractivity contribution >= 4 is 29.0 Å². The normalized spacial score (nSPS) is 15.0. The van der Waals surface area contributed by atoms with Crippen molar-refractivity contribution in [2.45, 2.75) is 13.8 Å². The first-order valence-electron chi connectivity index (χ1n) is 8.12. The van der Waals surface area contributed by atoms with Crippen LogP contribution in [0.15, 0.2) is 18.2 Å². The first-order chi connectivity index (χ1) is 11.5. The summed E-state index contributed by atoms with van der Waals surface area (Å²) in [5, 5.41) is 3.95. The van der Waals surface area contributed by atoms with Gasteiger partial charge >= 0.3 is 5.97 Å². The number of carbonyl (C=O) groups is 1. The molecule has 0 aromatic heterocycles. The minimum absolute atomic E-state index is 0.170. The Morgan fingerprint density at radius 3 is 2.62 bits per heavy atom. The molecule has 1 fully saturated rings. The second-order valence-corrected chi connectivity index (χ2v) is 6.09. The molecule has 0 spiro atoms. The second kappa shape index (κ2) is 8.84. The van der Waals surface area contributed by atoms with Gasteiger partial charge in [0.05, 0.1) is 25.9 Å². The minimum Gasteiger partial charge on any atom is -0.495 e. The Labute approximate surface area is 148 Å². The molecule has 0 saturated carbocycles. The number of anilines is 1. The van der Waals surface area contributed by atoms with Gasteiger partial charge in [0.2, 0.25) is 0 Å². The average molecular weight is 351 g/mol. The Morgan fingerprint density at radius 1 is 1.29 bits per heavy atom. The van der Waals surface area contributed by atoms with Crippen molar-refractivity contribution in [2.24, 2.45) is 0 Å². The smallest absolute Gasteiger partial charge is 0.320 e. The molecule has 1 N–H and O–H groups in total. The van der Waals surface area contributed by atoms with E-state index in [1.54, 1.807) is 7.11 Å². The van der Waals surface area contributed by atoms with Gasteiger partial charge in [0.25, 0.3) is 0 Å². The van der Waals surface area contributed by atoms with E-state index >= 15 is 0 Å². The van der Waals surface area contributed by atoms with Gasteiger partial charge in [-0.3, -0.25) is 9.69 Å². The van der Waals surface area contributed by atoms with Crippen LogP contribution in [0.3, 0.4) is 0 Å². The van der Waals surface area contributed by atoms with Crippen molar-refractivity contribution in [3.05, 3.63) is 23.8 Å². The predicted octanol–water partition coefficient (Wildman–Crippen LogP) is 1.88.